The molecule has 0 amide bonds. The molecule has 0 unspecified atom stereocenters. The quantitative estimate of drug-likeness (QED) is 0.725. The third-order valence-corrected chi connectivity index (χ3v) is 3.34. The predicted molar refractivity (Wildman–Crippen MR) is 76.3 cm³/mol. The first-order chi connectivity index (χ1) is 9.24. The van der Waals surface area contributed by atoms with Gasteiger partial charge in [-0.1, -0.05) is 17.3 Å². The number of aromatic nitrogens is 2. The average molecular weight is 267 g/mol. The third kappa shape index (κ3) is 2.34. The zero-order chi connectivity index (χ0) is 13.2. The summed E-state index contributed by atoms with van der Waals surface area (Å²) < 4.78 is 6.73. The number of hydrogen-bond acceptors (Lipinski definition) is 5. The molecule has 2 heterocycles. The van der Waals surface area contributed by atoms with Crippen molar-refractivity contribution in [1.82, 2.24) is 9.97 Å². The molecule has 5 heteroatoms. The highest BCUT2D eigenvalue weighted by Gasteiger charge is 2.04. The minimum Gasteiger partial charge on any atom is -0.457 e. The average Bonchev–Trinajstić information content (AvgIpc) is 2.78. The van der Waals surface area contributed by atoms with Crippen molar-refractivity contribution in [3.63, 3.8) is 0 Å². The number of ether oxygens (including phenoxy) is 1. The number of thiazole rings is 1. The summed E-state index contributed by atoms with van der Waals surface area (Å²) >= 11 is 1.43. The Morgan fingerprint density at radius 2 is 2.05 bits per heavy atom. The molecule has 2 aromatic heterocycles. The van der Waals surface area contributed by atoms with Gasteiger partial charge in [-0.15, -0.1) is 6.42 Å². The molecule has 0 aliphatic rings. The molecule has 0 saturated heterocycles. The number of nitrogen functional groups attached to an aromatic ring is 1. The number of terminal acetylenes is 1. The topological polar surface area (TPSA) is 61.0 Å². The van der Waals surface area contributed by atoms with Crippen LogP contribution in [0.15, 0.2) is 36.5 Å². The molecule has 0 aliphatic heterocycles. The van der Waals surface area contributed by atoms with Gasteiger partial charge in [-0.25, -0.2) is 9.97 Å². The van der Waals surface area contributed by atoms with Crippen LogP contribution >= 0.6 is 11.3 Å². The van der Waals surface area contributed by atoms with Crippen LogP contribution in [0, 0.1) is 12.3 Å². The van der Waals surface area contributed by atoms with Crippen molar-refractivity contribution in [3.8, 4) is 23.8 Å². The molecule has 0 aliphatic carbocycles. The van der Waals surface area contributed by atoms with Crippen LogP contribution in [0.25, 0.3) is 10.2 Å². The summed E-state index contributed by atoms with van der Waals surface area (Å²) in [4.78, 5) is 8.21. The molecule has 3 rings (SSSR count). The lowest BCUT2D eigenvalue weighted by Crippen LogP contribution is -1.87. The number of anilines is 1. The largest absolute Gasteiger partial charge is 0.457 e. The van der Waals surface area contributed by atoms with E-state index < -0.39 is 0 Å². The molecule has 0 fully saturated rings. The first kappa shape index (κ1) is 11.5. The van der Waals surface area contributed by atoms with E-state index >= 15 is 0 Å². The second kappa shape index (κ2) is 4.59. The van der Waals surface area contributed by atoms with Gasteiger partial charge in [-0.2, -0.15) is 0 Å². The van der Waals surface area contributed by atoms with Gasteiger partial charge in [0.05, 0.1) is 10.2 Å². The smallest absolute Gasteiger partial charge is 0.181 e. The molecule has 92 valence electrons. The minimum absolute atomic E-state index is 0.542. The number of fused-ring (bicyclic) bond motifs is 1. The molecule has 2 N–H and O–H groups in total. The van der Waals surface area contributed by atoms with Crippen LogP contribution in [0.3, 0.4) is 0 Å². The zero-order valence-corrected chi connectivity index (χ0v) is 10.6. The molecule has 1 aromatic carbocycles. The van der Waals surface area contributed by atoms with Crippen molar-refractivity contribution >= 4 is 26.7 Å². The van der Waals surface area contributed by atoms with E-state index in [1.807, 2.05) is 18.2 Å². The molecular formula is C14H9N3OS. The standard InChI is InChI=1S/C14H9N3OS/c1-2-9-7-11(5-6-16-9)18-10-3-4-12-13(8-10)19-14(15)17-12/h1,3-8H,(H2,15,17). The van der Waals surface area contributed by atoms with E-state index in [4.69, 9.17) is 16.9 Å². The fourth-order valence-electron chi connectivity index (χ4n) is 1.68. The Balaban J connectivity index is 1.94. The molecule has 0 atom stereocenters. The molecule has 4 nitrogen and oxygen atoms in total. The van der Waals surface area contributed by atoms with Gasteiger partial charge in [0, 0.05) is 18.3 Å². The van der Waals surface area contributed by atoms with Crippen molar-refractivity contribution in [1.29, 1.82) is 0 Å². The van der Waals surface area contributed by atoms with Crippen LogP contribution in [0.5, 0.6) is 11.5 Å². The van der Waals surface area contributed by atoms with Gasteiger partial charge >= 0.3 is 0 Å². The summed E-state index contributed by atoms with van der Waals surface area (Å²) in [6.45, 7) is 0. The second-order valence-electron chi connectivity index (χ2n) is 3.80. The minimum atomic E-state index is 0.542. The fourth-order valence-corrected chi connectivity index (χ4v) is 2.44. The number of pyridine rings is 1. The number of rotatable bonds is 2. The van der Waals surface area contributed by atoms with Crippen molar-refractivity contribution in [2.75, 3.05) is 5.73 Å². The molecule has 0 radical (unpaired) electrons. The molecular weight excluding hydrogens is 258 g/mol. The van der Waals surface area contributed by atoms with Crippen molar-refractivity contribution in [2.45, 2.75) is 0 Å². The van der Waals surface area contributed by atoms with Gasteiger partial charge < -0.3 is 10.5 Å². The zero-order valence-electron chi connectivity index (χ0n) is 9.83. The monoisotopic (exact) mass is 267 g/mol. The summed E-state index contributed by atoms with van der Waals surface area (Å²) in [5, 5.41) is 0.547. The Labute approximate surface area is 113 Å². The third-order valence-electron chi connectivity index (χ3n) is 2.49. The van der Waals surface area contributed by atoms with Crippen LogP contribution in [0.1, 0.15) is 5.69 Å². The lowest BCUT2D eigenvalue weighted by atomic mass is 10.3. The highest BCUT2D eigenvalue weighted by atomic mass is 32.1. The van der Waals surface area contributed by atoms with Crippen LogP contribution in [0.4, 0.5) is 5.13 Å². The number of hydrogen-bond donors (Lipinski definition) is 1. The van der Waals surface area contributed by atoms with E-state index in [0.717, 1.165) is 10.2 Å². The normalized spacial score (nSPS) is 10.3. The molecule has 0 spiro atoms. The lowest BCUT2D eigenvalue weighted by molar-refractivity contribution is 0.482. The van der Waals surface area contributed by atoms with Crippen molar-refractivity contribution in [3.05, 3.63) is 42.2 Å². The van der Waals surface area contributed by atoms with Gasteiger partial charge in [-0.05, 0) is 18.2 Å². The SMILES string of the molecule is C#Cc1cc(Oc2ccc3nc(N)sc3c2)ccn1. The van der Waals surface area contributed by atoms with Gasteiger partial charge in [0.25, 0.3) is 0 Å². The molecule has 0 saturated carbocycles. The van der Waals surface area contributed by atoms with Gasteiger partial charge in [0.1, 0.15) is 17.2 Å². The number of nitrogens with zero attached hydrogens (tertiary/aromatic N) is 2. The maximum atomic E-state index is 5.74. The maximum Gasteiger partial charge on any atom is 0.181 e. The number of benzene rings is 1. The van der Waals surface area contributed by atoms with Crippen molar-refractivity contribution in [2.24, 2.45) is 0 Å². The fraction of sp³-hybridized carbons (Fsp3) is 0. The Hall–Kier alpha value is -2.58. The first-order valence-electron chi connectivity index (χ1n) is 5.51. The summed E-state index contributed by atoms with van der Waals surface area (Å²) in [7, 11) is 0. The molecule has 19 heavy (non-hydrogen) atoms. The Morgan fingerprint density at radius 1 is 1.21 bits per heavy atom. The van der Waals surface area contributed by atoms with Crippen LogP contribution in [-0.4, -0.2) is 9.97 Å². The maximum absolute atomic E-state index is 5.74. The Morgan fingerprint density at radius 3 is 2.89 bits per heavy atom. The summed E-state index contributed by atoms with van der Waals surface area (Å²) in [6.07, 6.45) is 6.92. The first-order valence-corrected chi connectivity index (χ1v) is 6.33. The lowest BCUT2D eigenvalue weighted by Gasteiger charge is -2.05. The van der Waals surface area contributed by atoms with Crippen LogP contribution in [-0.2, 0) is 0 Å². The van der Waals surface area contributed by atoms with Gasteiger partial charge in [0.15, 0.2) is 5.13 Å². The highest BCUT2D eigenvalue weighted by molar-refractivity contribution is 7.22. The summed E-state index contributed by atoms with van der Waals surface area (Å²) in [5.74, 6) is 3.84. The summed E-state index contributed by atoms with van der Waals surface area (Å²) in [5.41, 5.74) is 7.08. The van der Waals surface area contributed by atoms with Crippen LogP contribution < -0.4 is 10.5 Å². The van der Waals surface area contributed by atoms with Crippen molar-refractivity contribution < 1.29 is 4.74 Å². The predicted octanol–water partition coefficient (Wildman–Crippen LogP) is 3.05. The van der Waals surface area contributed by atoms with E-state index in [-0.39, 0.29) is 0 Å². The summed E-state index contributed by atoms with van der Waals surface area (Å²) in [6, 6.07) is 9.09. The van der Waals surface area contributed by atoms with Gasteiger partial charge in [-0.3, -0.25) is 0 Å². The second-order valence-corrected chi connectivity index (χ2v) is 4.87. The van der Waals surface area contributed by atoms with E-state index in [1.165, 1.54) is 11.3 Å². The van der Waals surface area contributed by atoms with E-state index in [0.29, 0.717) is 22.3 Å². The molecule has 3 aromatic rings. The highest BCUT2D eigenvalue weighted by Crippen LogP contribution is 2.29. The molecule has 0 bridgehead atoms. The van der Waals surface area contributed by atoms with E-state index in [1.54, 1.807) is 18.3 Å². The van der Waals surface area contributed by atoms with E-state index in [9.17, 15) is 0 Å². The Kier molecular flexibility index (Phi) is 2.78. The number of nitrogens with two attached hydrogens (primary N) is 1. The van der Waals surface area contributed by atoms with Crippen LogP contribution in [0.2, 0.25) is 0 Å². The Bertz CT molecular complexity index is 789. The van der Waals surface area contributed by atoms with E-state index in [2.05, 4.69) is 15.9 Å². The van der Waals surface area contributed by atoms with Gasteiger partial charge in [0.2, 0.25) is 0 Å².